The van der Waals surface area contributed by atoms with E-state index in [0.29, 0.717) is 38.0 Å². The van der Waals surface area contributed by atoms with Gasteiger partial charge >= 0.3 is 7.12 Å². The van der Waals surface area contributed by atoms with Gasteiger partial charge in [-0.2, -0.15) is 10.2 Å². The van der Waals surface area contributed by atoms with Crippen molar-refractivity contribution >= 4 is 30.0 Å². The lowest BCUT2D eigenvalue weighted by Crippen LogP contribution is -2.38. The number of ether oxygens (including phenoxy) is 1. The van der Waals surface area contributed by atoms with Crippen molar-refractivity contribution in [3.05, 3.63) is 35.5 Å². The lowest BCUT2D eigenvalue weighted by atomic mass is 9.79. The summed E-state index contributed by atoms with van der Waals surface area (Å²) in [4.78, 5) is 8.90. The normalized spacial score (nSPS) is 21.4. The van der Waals surface area contributed by atoms with Gasteiger partial charge in [0.2, 0.25) is 5.95 Å². The maximum absolute atomic E-state index is 9.72. The first kappa shape index (κ1) is 17.7. The predicted octanol–water partition coefficient (Wildman–Crippen LogP) is 1.09. The maximum atomic E-state index is 9.72. The number of hydrogen-bond acceptors (Lipinski definition) is 8. The molecule has 1 fully saturated rings. The van der Waals surface area contributed by atoms with Gasteiger partial charge < -0.3 is 25.0 Å². The van der Waals surface area contributed by atoms with Gasteiger partial charge in [0.1, 0.15) is 5.82 Å². The Hall–Kier alpha value is -2.67. The van der Waals surface area contributed by atoms with Crippen molar-refractivity contribution in [2.45, 2.75) is 26.0 Å². The van der Waals surface area contributed by atoms with Crippen LogP contribution in [0.25, 0.3) is 0 Å². The molecule has 1 saturated heterocycles. The summed E-state index contributed by atoms with van der Waals surface area (Å²) in [5.41, 5.74) is 3.44. The Balaban J connectivity index is 1.51. The van der Waals surface area contributed by atoms with Gasteiger partial charge in [-0.1, -0.05) is 6.07 Å². The summed E-state index contributed by atoms with van der Waals surface area (Å²) in [7, 11) is -0.855. The van der Waals surface area contributed by atoms with E-state index in [-0.39, 0.29) is 12.0 Å². The number of nitrogens with zero attached hydrogens (tertiary/aromatic N) is 3. The number of fused-ring (bicyclic) bond motifs is 1. The Morgan fingerprint density at radius 1 is 1.41 bits per heavy atom. The van der Waals surface area contributed by atoms with E-state index in [4.69, 9.17) is 9.39 Å². The van der Waals surface area contributed by atoms with Crippen molar-refractivity contribution < 1.29 is 14.4 Å². The molecule has 4 rings (SSSR count). The Labute approximate surface area is 157 Å². The quantitative estimate of drug-likeness (QED) is 0.691. The summed E-state index contributed by atoms with van der Waals surface area (Å²) in [6.07, 6.45) is 2.45. The number of nitriles is 1. The van der Waals surface area contributed by atoms with Crippen molar-refractivity contribution in [3.8, 4) is 6.07 Å². The zero-order chi connectivity index (χ0) is 18.8. The number of benzene rings is 1. The van der Waals surface area contributed by atoms with E-state index in [9.17, 15) is 10.3 Å². The van der Waals surface area contributed by atoms with Crippen LogP contribution < -0.4 is 16.1 Å². The van der Waals surface area contributed by atoms with Crippen LogP contribution in [0, 0.1) is 24.2 Å². The third-order valence-electron chi connectivity index (χ3n) is 4.88. The van der Waals surface area contributed by atoms with Crippen LogP contribution in [0.5, 0.6) is 0 Å². The first-order chi connectivity index (χ1) is 13.1. The fourth-order valence-electron chi connectivity index (χ4n) is 3.30. The molecular formula is C18H20BN5O3. The molecule has 0 aliphatic carbocycles. The zero-order valence-electron chi connectivity index (χ0n) is 15.0. The summed E-state index contributed by atoms with van der Waals surface area (Å²) in [6, 6.07) is 7.86. The molecule has 2 aliphatic heterocycles. The Morgan fingerprint density at radius 3 is 3.15 bits per heavy atom. The highest BCUT2D eigenvalue weighted by Crippen LogP contribution is 2.23. The number of anilines is 3. The van der Waals surface area contributed by atoms with Gasteiger partial charge in [0, 0.05) is 24.1 Å². The largest absolute Gasteiger partial charge is 0.491 e. The maximum Gasteiger partial charge on any atom is 0.491 e. The number of hydrogen-bond donors (Lipinski definition) is 3. The summed E-state index contributed by atoms with van der Waals surface area (Å²) in [5, 5.41) is 25.6. The van der Waals surface area contributed by atoms with Crippen LogP contribution in [0.4, 0.5) is 17.5 Å². The molecule has 27 heavy (non-hydrogen) atoms. The Bertz CT molecular complexity index is 888. The predicted molar refractivity (Wildman–Crippen MR) is 101 cm³/mol. The summed E-state index contributed by atoms with van der Waals surface area (Å²) >= 11 is 0. The van der Waals surface area contributed by atoms with Crippen molar-refractivity contribution in [2.75, 3.05) is 23.8 Å². The van der Waals surface area contributed by atoms with Gasteiger partial charge in [-0.3, -0.25) is 0 Å². The number of aromatic nitrogens is 2. The molecule has 2 atom stereocenters. The summed E-state index contributed by atoms with van der Waals surface area (Å²) in [5.74, 6) is 1.03. The Morgan fingerprint density at radius 2 is 2.30 bits per heavy atom. The molecule has 3 N–H and O–H groups in total. The van der Waals surface area contributed by atoms with Crippen molar-refractivity contribution in [3.63, 3.8) is 0 Å². The van der Waals surface area contributed by atoms with Gasteiger partial charge in [-0.25, -0.2) is 4.98 Å². The molecule has 9 heteroatoms. The third kappa shape index (κ3) is 3.73. The van der Waals surface area contributed by atoms with Crippen molar-refractivity contribution in [1.29, 1.82) is 5.26 Å². The summed E-state index contributed by atoms with van der Waals surface area (Å²) in [6.45, 7) is 3.40. The molecule has 3 heterocycles. The van der Waals surface area contributed by atoms with Crippen LogP contribution in [0.3, 0.4) is 0 Å². The number of rotatable bonds is 4. The van der Waals surface area contributed by atoms with Crippen LogP contribution in [-0.4, -0.2) is 41.4 Å². The average Bonchev–Trinajstić information content (AvgIpc) is 3.05. The van der Waals surface area contributed by atoms with Crippen LogP contribution in [0.1, 0.15) is 17.5 Å². The minimum absolute atomic E-state index is 0.0937. The third-order valence-corrected chi connectivity index (χ3v) is 4.88. The van der Waals surface area contributed by atoms with E-state index >= 15 is 0 Å². The average molecular weight is 365 g/mol. The van der Waals surface area contributed by atoms with Gasteiger partial charge in [0.25, 0.3) is 0 Å². The molecule has 1 unspecified atom stereocenters. The van der Waals surface area contributed by atoms with E-state index in [1.807, 2.05) is 25.1 Å². The van der Waals surface area contributed by atoms with Crippen molar-refractivity contribution in [2.24, 2.45) is 5.92 Å². The molecule has 0 spiro atoms. The molecule has 0 saturated carbocycles. The first-order valence-corrected chi connectivity index (χ1v) is 8.91. The van der Waals surface area contributed by atoms with Gasteiger partial charge in [-0.15, -0.1) is 0 Å². The van der Waals surface area contributed by atoms with Gasteiger partial charge in [0.15, 0.2) is 0 Å². The topological polar surface area (TPSA) is 112 Å². The molecule has 2 aromatic rings. The molecule has 0 radical (unpaired) electrons. The lowest BCUT2D eigenvalue weighted by Gasteiger charge is -2.28. The van der Waals surface area contributed by atoms with Crippen LogP contribution in [0.2, 0.25) is 0 Å². The smallest absolute Gasteiger partial charge is 0.423 e. The van der Waals surface area contributed by atoms with Crippen LogP contribution in [0.15, 0.2) is 24.4 Å². The van der Waals surface area contributed by atoms with Crippen LogP contribution >= 0.6 is 0 Å². The fourth-order valence-corrected chi connectivity index (χ4v) is 3.30. The zero-order valence-corrected chi connectivity index (χ0v) is 15.0. The second-order valence-electron chi connectivity index (χ2n) is 6.78. The minimum Gasteiger partial charge on any atom is -0.423 e. The molecule has 0 amide bonds. The Kier molecular flexibility index (Phi) is 4.94. The molecule has 0 bridgehead atoms. The van der Waals surface area contributed by atoms with Crippen molar-refractivity contribution in [1.82, 2.24) is 9.97 Å². The first-order valence-electron chi connectivity index (χ1n) is 8.91. The van der Waals surface area contributed by atoms with E-state index in [1.54, 1.807) is 6.20 Å². The highest BCUT2D eigenvalue weighted by Gasteiger charge is 2.28. The van der Waals surface area contributed by atoms with Crippen LogP contribution in [-0.2, 0) is 16.0 Å². The molecule has 1 aromatic heterocycles. The fraction of sp³-hybridized carbons (Fsp3) is 0.389. The van der Waals surface area contributed by atoms with E-state index in [1.165, 1.54) is 0 Å². The number of aryl methyl sites for hydroxylation is 1. The SMILES string of the molecule is Cc1cnc(Nc2ccc3c(c2)COB3O)nc1N[C@H]1COCCC1C#N. The van der Waals surface area contributed by atoms with Gasteiger partial charge in [0.05, 0.1) is 31.2 Å². The van der Waals surface area contributed by atoms with E-state index in [0.717, 1.165) is 22.3 Å². The standard InChI is InChI=1S/C18H20BN5O3/c1-11-8-21-18(22-14-2-3-15-13(6-14)9-27-19(15)25)24-17(11)23-16-10-26-5-4-12(16)7-20/h2-3,6,8,12,16,25H,4-5,9-10H2,1H3,(H2,21,22,23,24)/t12?,16-/m0/s1. The molecular weight excluding hydrogens is 345 g/mol. The second kappa shape index (κ2) is 7.52. The summed E-state index contributed by atoms with van der Waals surface area (Å²) < 4.78 is 10.7. The molecule has 1 aromatic carbocycles. The molecule has 138 valence electrons. The number of nitrogens with one attached hydrogen (secondary N) is 2. The molecule has 2 aliphatic rings. The molecule has 8 nitrogen and oxygen atoms in total. The second-order valence-corrected chi connectivity index (χ2v) is 6.78. The monoisotopic (exact) mass is 365 g/mol. The van der Waals surface area contributed by atoms with E-state index < -0.39 is 7.12 Å². The highest BCUT2D eigenvalue weighted by molar-refractivity contribution is 6.61. The van der Waals surface area contributed by atoms with E-state index in [2.05, 4.69) is 26.7 Å². The van der Waals surface area contributed by atoms with Gasteiger partial charge in [-0.05, 0) is 36.5 Å². The lowest BCUT2D eigenvalue weighted by molar-refractivity contribution is 0.0698. The minimum atomic E-state index is -0.855. The highest BCUT2D eigenvalue weighted by atomic mass is 16.5.